The average molecular weight is 351 g/mol. The SMILES string of the molecule is CC1(C2CCN(C(=O)c3ccc(C(=O)O)s3)CC2)NC(=O)NC1=O. The zero-order valence-electron chi connectivity index (χ0n) is 13.0. The molecule has 1 atom stereocenters. The largest absolute Gasteiger partial charge is 0.477 e. The molecule has 24 heavy (non-hydrogen) atoms. The van der Waals surface area contributed by atoms with E-state index in [2.05, 4.69) is 10.6 Å². The van der Waals surface area contributed by atoms with Crippen LogP contribution >= 0.6 is 11.3 Å². The molecule has 3 rings (SSSR count). The molecule has 2 fully saturated rings. The van der Waals surface area contributed by atoms with Crippen molar-refractivity contribution in [2.75, 3.05) is 13.1 Å². The lowest BCUT2D eigenvalue weighted by atomic mass is 9.79. The number of amides is 4. The number of hydrogen-bond acceptors (Lipinski definition) is 5. The number of hydrogen-bond donors (Lipinski definition) is 3. The molecular weight excluding hydrogens is 334 g/mol. The molecule has 0 bridgehead atoms. The lowest BCUT2D eigenvalue weighted by Crippen LogP contribution is -2.54. The van der Waals surface area contributed by atoms with Crippen LogP contribution in [0.25, 0.3) is 0 Å². The highest BCUT2D eigenvalue weighted by molar-refractivity contribution is 7.15. The molecule has 128 valence electrons. The second kappa shape index (κ2) is 5.90. The number of imide groups is 1. The summed E-state index contributed by atoms with van der Waals surface area (Å²) in [5, 5.41) is 13.9. The Hall–Kier alpha value is -2.42. The summed E-state index contributed by atoms with van der Waals surface area (Å²) in [6.07, 6.45) is 1.18. The smallest absolute Gasteiger partial charge is 0.345 e. The van der Waals surface area contributed by atoms with E-state index in [1.165, 1.54) is 12.1 Å². The van der Waals surface area contributed by atoms with Gasteiger partial charge in [-0.15, -0.1) is 11.3 Å². The van der Waals surface area contributed by atoms with Gasteiger partial charge in [-0.2, -0.15) is 0 Å². The zero-order valence-corrected chi connectivity index (χ0v) is 13.8. The summed E-state index contributed by atoms with van der Waals surface area (Å²) in [5.41, 5.74) is -0.939. The van der Waals surface area contributed by atoms with Crippen LogP contribution in [0.2, 0.25) is 0 Å². The van der Waals surface area contributed by atoms with Crippen LogP contribution in [0.4, 0.5) is 4.79 Å². The second-order valence-electron chi connectivity index (χ2n) is 6.15. The number of thiophene rings is 1. The standard InChI is InChI=1S/C15H17N3O5S/c1-15(13(22)16-14(23)17-15)8-4-6-18(7-5-8)11(19)9-2-3-10(24-9)12(20)21/h2-3,8H,4-7H2,1H3,(H,20,21)(H2,16,17,22,23). The van der Waals surface area contributed by atoms with E-state index in [9.17, 15) is 19.2 Å². The van der Waals surface area contributed by atoms with E-state index >= 15 is 0 Å². The Morgan fingerprint density at radius 1 is 1.25 bits per heavy atom. The van der Waals surface area contributed by atoms with Crippen molar-refractivity contribution in [2.45, 2.75) is 25.3 Å². The number of aromatic carboxylic acids is 1. The molecule has 4 amide bonds. The lowest BCUT2D eigenvalue weighted by Gasteiger charge is -2.38. The van der Waals surface area contributed by atoms with Gasteiger partial charge in [0, 0.05) is 13.1 Å². The third-order valence-corrected chi connectivity index (χ3v) is 5.76. The summed E-state index contributed by atoms with van der Waals surface area (Å²) >= 11 is 0.957. The van der Waals surface area contributed by atoms with Crippen LogP contribution < -0.4 is 10.6 Å². The van der Waals surface area contributed by atoms with Crippen molar-refractivity contribution in [3.05, 3.63) is 21.9 Å². The third kappa shape index (κ3) is 2.75. The van der Waals surface area contributed by atoms with Crippen molar-refractivity contribution < 1.29 is 24.3 Å². The first-order valence-electron chi connectivity index (χ1n) is 7.57. The molecule has 0 aromatic carbocycles. The normalized spacial score (nSPS) is 24.6. The fraction of sp³-hybridized carbons (Fsp3) is 0.467. The molecule has 3 heterocycles. The maximum atomic E-state index is 12.5. The van der Waals surface area contributed by atoms with Crippen molar-refractivity contribution in [1.29, 1.82) is 0 Å². The average Bonchev–Trinajstić information content (AvgIpc) is 3.13. The second-order valence-corrected chi connectivity index (χ2v) is 7.23. The van der Waals surface area contributed by atoms with E-state index in [-0.39, 0.29) is 22.6 Å². The minimum absolute atomic E-state index is 0.0501. The summed E-state index contributed by atoms with van der Waals surface area (Å²) in [5.74, 6) is -1.63. The number of nitrogens with zero attached hydrogens (tertiary/aromatic N) is 1. The number of urea groups is 1. The van der Waals surface area contributed by atoms with E-state index in [0.29, 0.717) is 30.8 Å². The highest BCUT2D eigenvalue weighted by Crippen LogP contribution is 2.31. The quantitative estimate of drug-likeness (QED) is 0.700. The fourth-order valence-corrected chi connectivity index (χ4v) is 4.04. The van der Waals surface area contributed by atoms with Gasteiger partial charge < -0.3 is 15.3 Å². The summed E-state index contributed by atoms with van der Waals surface area (Å²) in [4.78, 5) is 48.9. The maximum absolute atomic E-state index is 12.5. The van der Waals surface area contributed by atoms with Gasteiger partial charge in [0.2, 0.25) is 0 Å². The Morgan fingerprint density at radius 3 is 2.38 bits per heavy atom. The van der Waals surface area contributed by atoms with E-state index < -0.39 is 17.5 Å². The van der Waals surface area contributed by atoms with Crippen LogP contribution in [0, 0.1) is 5.92 Å². The summed E-state index contributed by atoms with van der Waals surface area (Å²) in [7, 11) is 0. The van der Waals surface area contributed by atoms with Crippen LogP contribution in [-0.2, 0) is 4.79 Å². The molecule has 2 aliphatic heterocycles. The highest BCUT2D eigenvalue weighted by atomic mass is 32.1. The summed E-state index contributed by atoms with van der Waals surface area (Å²) in [6, 6.07) is 2.46. The first kappa shape index (κ1) is 16.4. The summed E-state index contributed by atoms with van der Waals surface area (Å²) < 4.78 is 0. The molecule has 0 spiro atoms. The van der Waals surface area contributed by atoms with Gasteiger partial charge in [0.05, 0.1) is 4.88 Å². The van der Waals surface area contributed by atoms with Gasteiger partial charge in [-0.25, -0.2) is 9.59 Å². The predicted octanol–water partition coefficient (Wildman–Crippen LogP) is 0.897. The van der Waals surface area contributed by atoms with Crippen molar-refractivity contribution in [1.82, 2.24) is 15.5 Å². The number of carbonyl (C=O) groups excluding carboxylic acids is 3. The van der Waals surface area contributed by atoms with Gasteiger partial charge in [0.15, 0.2) is 0 Å². The predicted molar refractivity (Wildman–Crippen MR) is 85.0 cm³/mol. The van der Waals surface area contributed by atoms with Crippen LogP contribution in [0.5, 0.6) is 0 Å². The van der Waals surface area contributed by atoms with Crippen LogP contribution in [0.1, 0.15) is 39.1 Å². The molecule has 1 unspecified atom stereocenters. The number of carbonyl (C=O) groups is 4. The number of carboxylic acid groups (broad SMARTS) is 1. The first-order valence-corrected chi connectivity index (χ1v) is 8.39. The van der Waals surface area contributed by atoms with E-state index in [4.69, 9.17) is 5.11 Å². The Labute approximate surface area is 141 Å². The first-order chi connectivity index (χ1) is 11.3. The molecule has 8 nitrogen and oxygen atoms in total. The molecule has 0 radical (unpaired) electrons. The van der Waals surface area contributed by atoms with Gasteiger partial charge in [0.25, 0.3) is 11.8 Å². The number of piperidine rings is 1. The molecule has 0 aliphatic carbocycles. The van der Waals surface area contributed by atoms with E-state index in [1.807, 2.05) is 0 Å². The van der Waals surface area contributed by atoms with Crippen LogP contribution in [-0.4, -0.2) is 52.4 Å². The van der Waals surface area contributed by atoms with Gasteiger partial charge in [-0.3, -0.25) is 14.9 Å². The van der Waals surface area contributed by atoms with Crippen molar-refractivity contribution >= 4 is 35.2 Å². The molecule has 1 aromatic heterocycles. The monoisotopic (exact) mass is 351 g/mol. The topological polar surface area (TPSA) is 116 Å². The molecule has 1 aromatic rings. The molecule has 2 saturated heterocycles. The Balaban J connectivity index is 1.64. The number of carboxylic acids is 1. The van der Waals surface area contributed by atoms with Gasteiger partial charge in [-0.05, 0) is 37.8 Å². The maximum Gasteiger partial charge on any atom is 0.345 e. The Kier molecular flexibility index (Phi) is 4.04. The lowest BCUT2D eigenvalue weighted by molar-refractivity contribution is -0.125. The minimum atomic E-state index is -1.05. The van der Waals surface area contributed by atoms with Gasteiger partial charge in [-0.1, -0.05) is 0 Å². The zero-order chi connectivity index (χ0) is 17.5. The van der Waals surface area contributed by atoms with Gasteiger partial charge >= 0.3 is 12.0 Å². The van der Waals surface area contributed by atoms with Crippen molar-refractivity contribution in [3.8, 4) is 0 Å². The summed E-state index contributed by atoms with van der Waals surface area (Å²) in [6.45, 7) is 2.62. The number of rotatable bonds is 3. The Morgan fingerprint density at radius 2 is 1.88 bits per heavy atom. The minimum Gasteiger partial charge on any atom is -0.477 e. The molecule has 0 saturated carbocycles. The van der Waals surface area contributed by atoms with Crippen molar-refractivity contribution in [2.24, 2.45) is 5.92 Å². The molecular formula is C15H17N3O5S. The van der Waals surface area contributed by atoms with Crippen LogP contribution in [0.3, 0.4) is 0 Å². The number of nitrogens with one attached hydrogen (secondary N) is 2. The molecule has 9 heteroatoms. The Bertz CT molecular complexity index is 722. The third-order valence-electron chi connectivity index (χ3n) is 4.70. The number of likely N-dealkylation sites (tertiary alicyclic amines) is 1. The van der Waals surface area contributed by atoms with Gasteiger partial charge in [0.1, 0.15) is 10.4 Å². The highest BCUT2D eigenvalue weighted by Gasteiger charge is 2.48. The molecule has 2 aliphatic rings. The fourth-order valence-electron chi connectivity index (χ4n) is 3.23. The van der Waals surface area contributed by atoms with E-state index in [0.717, 1.165) is 11.3 Å². The van der Waals surface area contributed by atoms with E-state index in [1.54, 1.807) is 11.8 Å². The molecule has 3 N–H and O–H groups in total. The van der Waals surface area contributed by atoms with Crippen molar-refractivity contribution in [3.63, 3.8) is 0 Å². The van der Waals surface area contributed by atoms with Crippen LogP contribution in [0.15, 0.2) is 12.1 Å².